The van der Waals surface area contributed by atoms with Crippen molar-refractivity contribution in [1.29, 1.82) is 0 Å². The summed E-state index contributed by atoms with van der Waals surface area (Å²) in [5, 5.41) is 10.5. The van der Waals surface area contributed by atoms with Gasteiger partial charge in [0.2, 0.25) is 0 Å². The van der Waals surface area contributed by atoms with Crippen LogP contribution in [0, 0.1) is 0 Å². The van der Waals surface area contributed by atoms with E-state index in [1.54, 1.807) is 10.7 Å². The Morgan fingerprint density at radius 2 is 1.91 bits per heavy atom. The number of morpholine rings is 1. The molecule has 1 aromatic heterocycles. The van der Waals surface area contributed by atoms with Gasteiger partial charge in [-0.3, -0.25) is 4.79 Å². The summed E-state index contributed by atoms with van der Waals surface area (Å²) in [4.78, 5) is 27.2. The van der Waals surface area contributed by atoms with Crippen LogP contribution in [0.3, 0.4) is 0 Å². The molecular weight excluding hydrogens is 467 g/mol. The molecule has 0 aliphatic carbocycles. The number of anilines is 2. The summed E-state index contributed by atoms with van der Waals surface area (Å²) < 4.78 is 52.2. The van der Waals surface area contributed by atoms with Crippen LogP contribution in [-0.2, 0) is 27.0 Å². The third-order valence-corrected chi connectivity index (χ3v) is 5.64. The van der Waals surface area contributed by atoms with Crippen molar-refractivity contribution in [1.82, 2.24) is 15.0 Å². The topological polar surface area (TPSA) is 98.6 Å². The third kappa shape index (κ3) is 5.37. The van der Waals surface area contributed by atoms with E-state index in [-0.39, 0.29) is 11.3 Å². The molecule has 1 unspecified atom stereocenters. The molecule has 1 N–H and O–H groups in total. The fraction of sp³-hybridized carbons (Fsp3) is 0.391. The molecule has 0 bridgehead atoms. The predicted octanol–water partition coefficient (Wildman–Crippen LogP) is 3.49. The fourth-order valence-corrected chi connectivity index (χ4v) is 3.74. The lowest BCUT2D eigenvalue weighted by atomic mass is 10.1. The van der Waals surface area contributed by atoms with Gasteiger partial charge in [0.25, 0.3) is 5.91 Å². The molecule has 0 saturated carbocycles. The number of nitrogens with zero attached hydrogens (tertiary/aromatic N) is 4. The fourth-order valence-electron chi connectivity index (χ4n) is 3.74. The van der Waals surface area contributed by atoms with Gasteiger partial charge < -0.3 is 19.7 Å². The van der Waals surface area contributed by atoms with Crippen molar-refractivity contribution in [2.24, 2.45) is 0 Å². The van der Waals surface area contributed by atoms with Crippen molar-refractivity contribution in [3.05, 3.63) is 47.5 Å². The van der Waals surface area contributed by atoms with Crippen molar-refractivity contribution in [3.8, 4) is 0 Å². The van der Waals surface area contributed by atoms with E-state index in [0.29, 0.717) is 44.1 Å². The highest BCUT2D eigenvalue weighted by molar-refractivity contribution is 6.00. The summed E-state index contributed by atoms with van der Waals surface area (Å²) in [6.07, 6.45) is -5.85. The molecule has 1 amide bonds. The third-order valence-electron chi connectivity index (χ3n) is 5.64. The van der Waals surface area contributed by atoms with Gasteiger partial charge in [-0.15, -0.1) is 5.10 Å². The van der Waals surface area contributed by atoms with Crippen LogP contribution >= 0.6 is 0 Å². The van der Waals surface area contributed by atoms with E-state index in [9.17, 15) is 22.8 Å². The highest BCUT2D eigenvalue weighted by atomic mass is 19.4. The predicted molar refractivity (Wildman–Crippen MR) is 121 cm³/mol. The minimum atomic E-state index is -4.58. The highest BCUT2D eigenvalue weighted by Crippen LogP contribution is 2.36. The molecule has 1 fully saturated rings. The Labute approximate surface area is 198 Å². The number of fused-ring (bicyclic) bond motifs is 1. The highest BCUT2D eigenvalue weighted by Gasteiger charge is 2.32. The second-order valence-electron chi connectivity index (χ2n) is 7.97. The Morgan fingerprint density at radius 3 is 2.60 bits per heavy atom. The standard InChI is InChI=1S/C23H24F3N5O4/c1-3-31-20-6-4-15(12-18(20)28-29-31)22(33)35-14(2)21(32)27-17-13-16(23(24,25)26)5-7-19(17)30-8-10-34-11-9-30/h4-7,12-14H,3,8-11H2,1-2H3,(H,27,32). The second kappa shape index (κ2) is 9.90. The zero-order chi connectivity index (χ0) is 25.2. The summed E-state index contributed by atoms with van der Waals surface area (Å²) in [7, 11) is 0. The lowest BCUT2D eigenvalue weighted by Gasteiger charge is -2.31. The number of nitrogens with one attached hydrogen (secondary N) is 1. The minimum absolute atomic E-state index is 0.0211. The maximum atomic E-state index is 13.3. The summed E-state index contributed by atoms with van der Waals surface area (Å²) >= 11 is 0. The van der Waals surface area contributed by atoms with Crippen molar-refractivity contribution in [3.63, 3.8) is 0 Å². The lowest BCUT2D eigenvalue weighted by Crippen LogP contribution is -2.37. The van der Waals surface area contributed by atoms with Crippen molar-refractivity contribution in [2.75, 3.05) is 36.5 Å². The first kappa shape index (κ1) is 24.5. The molecule has 35 heavy (non-hydrogen) atoms. The van der Waals surface area contributed by atoms with Crippen molar-refractivity contribution in [2.45, 2.75) is 32.7 Å². The minimum Gasteiger partial charge on any atom is -0.449 e. The monoisotopic (exact) mass is 491 g/mol. The molecule has 2 aromatic carbocycles. The average Bonchev–Trinajstić information content (AvgIpc) is 3.26. The average molecular weight is 491 g/mol. The number of rotatable bonds is 6. The van der Waals surface area contributed by atoms with Gasteiger partial charge in [0, 0.05) is 19.6 Å². The molecule has 186 valence electrons. The van der Waals surface area contributed by atoms with Crippen molar-refractivity contribution < 1.29 is 32.2 Å². The van der Waals surface area contributed by atoms with Gasteiger partial charge in [-0.2, -0.15) is 13.2 Å². The van der Waals surface area contributed by atoms with E-state index in [1.165, 1.54) is 25.1 Å². The number of halogens is 3. The van der Waals surface area contributed by atoms with Crippen LogP contribution in [0.15, 0.2) is 36.4 Å². The largest absolute Gasteiger partial charge is 0.449 e. The van der Waals surface area contributed by atoms with E-state index < -0.39 is 29.7 Å². The molecule has 4 rings (SSSR count). The van der Waals surface area contributed by atoms with Crippen LogP contribution < -0.4 is 10.2 Å². The summed E-state index contributed by atoms with van der Waals surface area (Å²) in [6, 6.07) is 7.88. The van der Waals surface area contributed by atoms with Gasteiger partial charge in [0.05, 0.1) is 41.2 Å². The number of aromatic nitrogens is 3. The molecule has 9 nitrogen and oxygen atoms in total. The Kier molecular flexibility index (Phi) is 6.92. The van der Waals surface area contributed by atoms with E-state index >= 15 is 0 Å². The first-order chi connectivity index (χ1) is 16.7. The maximum absolute atomic E-state index is 13.3. The molecule has 1 aliphatic heterocycles. The van der Waals surface area contributed by atoms with Gasteiger partial charge in [-0.25, -0.2) is 9.48 Å². The van der Waals surface area contributed by atoms with Crippen LogP contribution in [0.4, 0.5) is 24.5 Å². The van der Waals surface area contributed by atoms with Crippen LogP contribution in [-0.4, -0.2) is 59.3 Å². The first-order valence-corrected chi connectivity index (χ1v) is 11.1. The number of ether oxygens (including phenoxy) is 2. The molecule has 3 aromatic rings. The van der Waals surface area contributed by atoms with Gasteiger partial charge >= 0.3 is 12.1 Å². The molecular formula is C23H24F3N5O4. The van der Waals surface area contributed by atoms with Gasteiger partial charge in [0.15, 0.2) is 6.10 Å². The number of benzene rings is 2. The zero-order valence-electron chi connectivity index (χ0n) is 19.1. The number of esters is 1. The van der Waals surface area contributed by atoms with Gasteiger partial charge in [0.1, 0.15) is 5.52 Å². The number of carbonyl (C=O) groups excluding carboxylic acids is 2. The van der Waals surface area contributed by atoms with Crippen LogP contribution in [0.2, 0.25) is 0 Å². The molecule has 1 atom stereocenters. The molecule has 1 aliphatic rings. The number of hydrogen-bond donors (Lipinski definition) is 1. The normalized spacial score (nSPS) is 15.2. The molecule has 12 heteroatoms. The summed E-state index contributed by atoms with van der Waals surface area (Å²) in [5.74, 6) is -1.52. The SMILES string of the molecule is CCn1nnc2cc(C(=O)OC(C)C(=O)Nc3cc(C(F)(F)F)ccc3N3CCOCC3)ccc21. The van der Waals surface area contributed by atoms with Crippen LogP contribution in [0.5, 0.6) is 0 Å². The Balaban J connectivity index is 1.50. The van der Waals surface area contributed by atoms with Crippen LogP contribution in [0.25, 0.3) is 11.0 Å². The van der Waals surface area contributed by atoms with E-state index in [4.69, 9.17) is 9.47 Å². The number of hydrogen-bond acceptors (Lipinski definition) is 7. The Bertz CT molecular complexity index is 1240. The Hall–Kier alpha value is -3.67. The summed E-state index contributed by atoms with van der Waals surface area (Å²) in [6.45, 7) is 5.62. The molecule has 2 heterocycles. The van der Waals surface area contributed by atoms with Gasteiger partial charge in [-0.05, 0) is 50.2 Å². The quantitative estimate of drug-likeness (QED) is 0.527. The van der Waals surface area contributed by atoms with E-state index in [0.717, 1.165) is 17.6 Å². The maximum Gasteiger partial charge on any atom is 0.416 e. The van der Waals surface area contributed by atoms with E-state index in [1.807, 2.05) is 11.8 Å². The van der Waals surface area contributed by atoms with Gasteiger partial charge in [-0.1, -0.05) is 5.21 Å². The molecule has 1 saturated heterocycles. The number of alkyl halides is 3. The number of amides is 1. The number of aryl methyl sites for hydroxylation is 1. The first-order valence-electron chi connectivity index (χ1n) is 11.1. The second-order valence-corrected chi connectivity index (χ2v) is 7.97. The molecule has 0 radical (unpaired) electrons. The lowest BCUT2D eigenvalue weighted by molar-refractivity contribution is -0.137. The summed E-state index contributed by atoms with van der Waals surface area (Å²) in [5.41, 5.74) is 0.925. The smallest absolute Gasteiger partial charge is 0.416 e. The van der Waals surface area contributed by atoms with E-state index in [2.05, 4.69) is 15.6 Å². The van der Waals surface area contributed by atoms with Crippen LogP contribution in [0.1, 0.15) is 29.8 Å². The van der Waals surface area contributed by atoms with Crippen molar-refractivity contribution >= 4 is 34.3 Å². The molecule has 0 spiro atoms. The Morgan fingerprint density at radius 1 is 1.17 bits per heavy atom. The number of carbonyl (C=O) groups is 2. The zero-order valence-corrected chi connectivity index (χ0v) is 19.1.